The SMILES string of the molecule is CCN(Cc1ccc(Cl)cc1)c1nc(-c2cccc(NC(=O)Nc3ccc(C)cc3)c2)cn2ccnc12. The van der Waals surface area contributed by atoms with Crippen molar-refractivity contribution in [2.75, 3.05) is 22.1 Å². The highest BCUT2D eigenvalue weighted by Crippen LogP contribution is 2.27. The van der Waals surface area contributed by atoms with Crippen molar-refractivity contribution in [3.63, 3.8) is 0 Å². The van der Waals surface area contributed by atoms with E-state index in [0.29, 0.717) is 17.3 Å². The maximum Gasteiger partial charge on any atom is 0.323 e. The van der Waals surface area contributed by atoms with E-state index in [1.54, 1.807) is 6.20 Å². The summed E-state index contributed by atoms with van der Waals surface area (Å²) in [6, 6.07) is 22.8. The molecule has 0 bridgehead atoms. The monoisotopic (exact) mass is 510 g/mol. The number of halogens is 1. The van der Waals surface area contributed by atoms with E-state index >= 15 is 0 Å². The average molecular weight is 511 g/mol. The van der Waals surface area contributed by atoms with Gasteiger partial charge in [0.1, 0.15) is 0 Å². The quantitative estimate of drug-likeness (QED) is 0.246. The lowest BCUT2D eigenvalue weighted by Gasteiger charge is -2.23. The molecule has 8 heteroatoms. The number of benzene rings is 3. The molecule has 0 unspecified atom stereocenters. The number of carbonyl (C=O) groups excluding carboxylic acids is 1. The maximum atomic E-state index is 12.6. The Morgan fingerprint density at radius 1 is 1.00 bits per heavy atom. The van der Waals surface area contributed by atoms with Crippen molar-refractivity contribution in [1.82, 2.24) is 14.4 Å². The van der Waals surface area contributed by atoms with Crippen LogP contribution in [-0.4, -0.2) is 26.9 Å². The molecule has 3 aromatic carbocycles. The Kier molecular flexibility index (Phi) is 7.05. The molecule has 0 aliphatic heterocycles. The highest BCUT2D eigenvalue weighted by Gasteiger charge is 2.16. The van der Waals surface area contributed by atoms with Crippen molar-refractivity contribution in [3.05, 3.63) is 108 Å². The largest absolute Gasteiger partial charge is 0.349 e. The van der Waals surface area contributed by atoms with E-state index in [2.05, 4.69) is 27.4 Å². The average Bonchev–Trinajstić information content (AvgIpc) is 3.38. The molecule has 2 aromatic heterocycles. The van der Waals surface area contributed by atoms with E-state index in [0.717, 1.165) is 46.1 Å². The first-order chi connectivity index (χ1) is 18.0. The Labute approximate surface area is 220 Å². The maximum absolute atomic E-state index is 12.6. The van der Waals surface area contributed by atoms with Gasteiger partial charge in [-0.15, -0.1) is 0 Å². The number of imidazole rings is 1. The van der Waals surface area contributed by atoms with E-state index in [1.165, 1.54) is 0 Å². The molecule has 0 saturated carbocycles. The summed E-state index contributed by atoms with van der Waals surface area (Å²) >= 11 is 6.07. The van der Waals surface area contributed by atoms with Crippen molar-refractivity contribution in [1.29, 1.82) is 0 Å². The van der Waals surface area contributed by atoms with E-state index in [1.807, 2.05) is 96.5 Å². The summed E-state index contributed by atoms with van der Waals surface area (Å²) < 4.78 is 1.98. The van der Waals surface area contributed by atoms with Gasteiger partial charge < -0.3 is 19.9 Å². The third-order valence-corrected chi connectivity index (χ3v) is 6.30. The van der Waals surface area contributed by atoms with Crippen molar-refractivity contribution in [2.24, 2.45) is 0 Å². The molecule has 2 amide bonds. The van der Waals surface area contributed by atoms with Crippen LogP contribution in [0.15, 0.2) is 91.4 Å². The third kappa shape index (κ3) is 5.73. The lowest BCUT2D eigenvalue weighted by atomic mass is 10.1. The standard InChI is InChI=1S/C29H27ClN6O/c1-3-35(18-21-9-11-23(30)12-10-21)28-27-31-15-16-36(27)19-26(34-28)22-5-4-6-25(17-22)33-29(37)32-24-13-7-20(2)8-14-24/h4-17,19H,3,18H2,1-2H3,(H2,32,33,37). The minimum absolute atomic E-state index is 0.306. The van der Waals surface area contributed by atoms with Gasteiger partial charge in [-0.05, 0) is 55.8 Å². The number of carbonyl (C=O) groups is 1. The second kappa shape index (κ2) is 10.7. The van der Waals surface area contributed by atoms with Crippen LogP contribution < -0.4 is 15.5 Å². The number of anilines is 3. The van der Waals surface area contributed by atoms with Crippen LogP contribution in [0.5, 0.6) is 0 Å². The second-order valence-electron chi connectivity index (χ2n) is 8.77. The highest BCUT2D eigenvalue weighted by atomic mass is 35.5. The van der Waals surface area contributed by atoms with Crippen molar-refractivity contribution in [2.45, 2.75) is 20.4 Å². The molecule has 7 nitrogen and oxygen atoms in total. The molecule has 5 rings (SSSR count). The van der Waals surface area contributed by atoms with Crippen LogP contribution in [0, 0.1) is 6.92 Å². The normalized spacial score (nSPS) is 10.9. The summed E-state index contributed by atoms with van der Waals surface area (Å²) in [6.07, 6.45) is 5.64. The fraction of sp³-hybridized carbons (Fsp3) is 0.138. The van der Waals surface area contributed by atoms with Crippen LogP contribution in [0.3, 0.4) is 0 Å². The molecule has 0 atom stereocenters. The number of nitrogens with one attached hydrogen (secondary N) is 2. The first-order valence-electron chi connectivity index (χ1n) is 12.1. The molecule has 2 N–H and O–H groups in total. The summed E-state index contributed by atoms with van der Waals surface area (Å²) in [5.74, 6) is 0.787. The summed E-state index contributed by atoms with van der Waals surface area (Å²) in [7, 11) is 0. The summed E-state index contributed by atoms with van der Waals surface area (Å²) in [5.41, 5.74) is 6.11. The number of urea groups is 1. The fourth-order valence-corrected chi connectivity index (χ4v) is 4.23. The van der Waals surface area contributed by atoms with Crippen LogP contribution >= 0.6 is 11.6 Å². The molecule has 0 saturated heterocycles. The van der Waals surface area contributed by atoms with E-state index in [4.69, 9.17) is 16.6 Å². The van der Waals surface area contributed by atoms with Crippen molar-refractivity contribution in [3.8, 4) is 11.3 Å². The number of amides is 2. The number of aromatic nitrogens is 3. The first-order valence-corrected chi connectivity index (χ1v) is 12.4. The van der Waals surface area contributed by atoms with Gasteiger partial charge in [0.05, 0.1) is 5.69 Å². The van der Waals surface area contributed by atoms with Gasteiger partial charge in [-0.2, -0.15) is 0 Å². The number of nitrogens with zero attached hydrogens (tertiary/aromatic N) is 4. The minimum Gasteiger partial charge on any atom is -0.349 e. The molecule has 0 aliphatic rings. The van der Waals surface area contributed by atoms with Crippen LogP contribution in [0.25, 0.3) is 16.9 Å². The van der Waals surface area contributed by atoms with Crippen LogP contribution in [0.4, 0.5) is 22.0 Å². The molecule has 2 heterocycles. The van der Waals surface area contributed by atoms with E-state index < -0.39 is 0 Å². The van der Waals surface area contributed by atoms with Crippen LogP contribution in [-0.2, 0) is 6.54 Å². The molecule has 0 spiro atoms. The number of hydrogen-bond acceptors (Lipinski definition) is 4. The second-order valence-corrected chi connectivity index (χ2v) is 9.21. The number of rotatable bonds is 7. The zero-order valence-corrected chi connectivity index (χ0v) is 21.4. The Bertz CT molecular complexity index is 1530. The topological polar surface area (TPSA) is 74.6 Å². The molecule has 0 fully saturated rings. The molecular formula is C29H27ClN6O. The van der Waals surface area contributed by atoms with Crippen molar-refractivity contribution >= 4 is 40.5 Å². The van der Waals surface area contributed by atoms with Crippen molar-refractivity contribution < 1.29 is 4.79 Å². The van der Waals surface area contributed by atoms with Gasteiger partial charge in [0, 0.05) is 53.6 Å². The number of hydrogen-bond donors (Lipinski definition) is 2. The van der Waals surface area contributed by atoms with Gasteiger partial charge in [0.2, 0.25) is 0 Å². The molecule has 0 aliphatic carbocycles. The Hall–Kier alpha value is -4.36. The Morgan fingerprint density at radius 2 is 1.76 bits per heavy atom. The lowest BCUT2D eigenvalue weighted by Crippen LogP contribution is -2.24. The minimum atomic E-state index is -0.306. The number of fused-ring (bicyclic) bond motifs is 1. The van der Waals surface area contributed by atoms with Gasteiger partial charge in [-0.25, -0.2) is 14.8 Å². The zero-order valence-electron chi connectivity index (χ0n) is 20.6. The summed E-state index contributed by atoms with van der Waals surface area (Å²) in [4.78, 5) is 24.3. The Morgan fingerprint density at radius 3 is 2.51 bits per heavy atom. The molecule has 37 heavy (non-hydrogen) atoms. The van der Waals surface area contributed by atoms with Gasteiger partial charge in [0.15, 0.2) is 11.5 Å². The van der Waals surface area contributed by atoms with Gasteiger partial charge in [-0.3, -0.25) is 0 Å². The third-order valence-electron chi connectivity index (χ3n) is 6.05. The predicted octanol–water partition coefficient (Wildman–Crippen LogP) is 7.03. The van der Waals surface area contributed by atoms with Crippen LogP contribution in [0.1, 0.15) is 18.1 Å². The molecular weight excluding hydrogens is 484 g/mol. The van der Waals surface area contributed by atoms with E-state index in [9.17, 15) is 4.79 Å². The predicted molar refractivity (Wildman–Crippen MR) is 150 cm³/mol. The molecule has 0 radical (unpaired) electrons. The molecule has 186 valence electrons. The first kappa shape index (κ1) is 24.3. The summed E-state index contributed by atoms with van der Waals surface area (Å²) in [6.45, 7) is 5.53. The van der Waals surface area contributed by atoms with Gasteiger partial charge >= 0.3 is 6.03 Å². The van der Waals surface area contributed by atoms with Crippen LogP contribution in [0.2, 0.25) is 5.02 Å². The lowest BCUT2D eigenvalue weighted by molar-refractivity contribution is 0.262. The fourth-order valence-electron chi connectivity index (χ4n) is 4.10. The highest BCUT2D eigenvalue weighted by molar-refractivity contribution is 6.30. The smallest absolute Gasteiger partial charge is 0.323 e. The Balaban J connectivity index is 1.41. The van der Waals surface area contributed by atoms with Gasteiger partial charge in [0.25, 0.3) is 0 Å². The van der Waals surface area contributed by atoms with Gasteiger partial charge in [-0.1, -0.05) is 53.6 Å². The van der Waals surface area contributed by atoms with E-state index in [-0.39, 0.29) is 6.03 Å². The summed E-state index contributed by atoms with van der Waals surface area (Å²) in [5, 5.41) is 6.49. The zero-order chi connectivity index (χ0) is 25.8. The molecule has 5 aromatic rings. The number of aryl methyl sites for hydroxylation is 1.